The summed E-state index contributed by atoms with van der Waals surface area (Å²) in [6.07, 6.45) is 3.28. The number of anilines is 1. The van der Waals surface area contributed by atoms with Gasteiger partial charge in [0.05, 0.1) is 21.3 Å². The molecule has 1 aliphatic carbocycles. The van der Waals surface area contributed by atoms with Gasteiger partial charge >= 0.3 is 5.97 Å². The van der Waals surface area contributed by atoms with Crippen molar-refractivity contribution in [3.8, 4) is 0 Å². The lowest BCUT2D eigenvalue weighted by atomic mass is 9.66. The highest BCUT2D eigenvalue weighted by molar-refractivity contribution is 6.40. The first kappa shape index (κ1) is 16.1. The molecule has 0 aromatic heterocycles. The summed E-state index contributed by atoms with van der Waals surface area (Å²) in [5.41, 5.74) is 5.81. The van der Waals surface area contributed by atoms with Crippen LogP contribution in [0, 0.1) is 5.41 Å². The molecule has 21 heavy (non-hydrogen) atoms. The Labute approximate surface area is 132 Å². The van der Waals surface area contributed by atoms with Gasteiger partial charge in [0.25, 0.3) is 0 Å². The number of nitrogens with one attached hydrogen (secondary N) is 1. The van der Waals surface area contributed by atoms with Crippen molar-refractivity contribution in [3.05, 3.63) is 27.7 Å². The summed E-state index contributed by atoms with van der Waals surface area (Å²) >= 11 is 12.0. The molecule has 1 aliphatic rings. The van der Waals surface area contributed by atoms with Crippen LogP contribution < -0.4 is 11.1 Å². The second-order valence-corrected chi connectivity index (χ2v) is 6.22. The number of benzene rings is 1. The molecule has 7 heteroatoms. The number of carboxylic acids is 1. The van der Waals surface area contributed by atoms with E-state index in [1.54, 1.807) is 0 Å². The van der Waals surface area contributed by atoms with Gasteiger partial charge in [0.15, 0.2) is 0 Å². The Balaban J connectivity index is 2.12. The number of amides is 1. The first-order valence-electron chi connectivity index (χ1n) is 6.59. The Morgan fingerprint density at radius 2 is 1.86 bits per heavy atom. The molecule has 0 aliphatic heterocycles. The molecule has 0 radical (unpaired) electrons. The second kappa shape index (κ2) is 6.22. The molecule has 0 atom stereocenters. The molecule has 2 rings (SSSR count). The maximum atomic E-state index is 12.1. The first-order valence-corrected chi connectivity index (χ1v) is 7.35. The number of hydrogen-bond donors (Lipinski definition) is 3. The number of nitrogens with two attached hydrogens (primary N) is 1. The highest BCUT2D eigenvalue weighted by Gasteiger charge is 2.37. The first-order chi connectivity index (χ1) is 9.87. The van der Waals surface area contributed by atoms with Gasteiger partial charge in [0.2, 0.25) is 5.91 Å². The van der Waals surface area contributed by atoms with E-state index in [1.807, 2.05) is 0 Å². The van der Waals surface area contributed by atoms with E-state index in [0.29, 0.717) is 13.0 Å². The van der Waals surface area contributed by atoms with Crippen molar-refractivity contribution in [2.24, 2.45) is 11.1 Å². The summed E-state index contributed by atoms with van der Waals surface area (Å²) in [5, 5.41) is 11.8. The van der Waals surface area contributed by atoms with Crippen molar-refractivity contribution < 1.29 is 14.7 Å². The van der Waals surface area contributed by atoms with E-state index in [2.05, 4.69) is 5.32 Å². The monoisotopic (exact) mass is 330 g/mol. The van der Waals surface area contributed by atoms with Crippen LogP contribution in [0.5, 0.6) is 0 Å². The molecule has 1 aromatic carbocycles. The van der Waals surface area contributed by atoms with Crippen LogP contribution in [-0.2, 0) is 4.79 Å². The summed E-state index contributed by atoms with van der Waals surface area (Å²) in [5.74, 6) is -1.35. The number of carbonyl (C=O) groups excluding carboxylic acids is 1. The average molecular weight is 331 g/mol. The number of carboxylic acid groups (broad SMARTS) is 1. The number of halogens is 2. The second-order valence-electron chi connectivity index (χ2n) is 5.40. The lowest BCUT2D eigenvalue weighted by Crippen LogP contribution is -2.40. The van der Waals surface area contributed by atoms with Gasteiger partial charge in [-0.3, -0.25) is 4.79 Å². The van der Waals surface area contributed by atoms with Crippen molar-refractivity contribution in [2.45, 2.75) is 25.7 Å². The molecule has 1 fully saturated rings. The fraction of sp³-hybridized carbons (Fsp3) is 0.429. The van der Waals surface area contributed by atoms with E-state index in [4.69, 9.17) is 34.0 Å². The predicted octanol–water partition coefficient (Wildman–Crippen LogP) is 3.15. The lowest BCUT2D eigenvalue weighted by Gasteiger charge is -2.40. The number of carbonyl (C=O) groups is 2. The van der Waals surface area contributed by atoms with Crippen molar-refractivity contribution >= 4 is 40.8 Å². The molecule has 1 amide bonds. The van der Waals surface area contributed by atoms with Gasteiger partial charge in [0.1, 0.15) is 0 Å². The highest BCUT2D eigenvalue weighted by Crippen LogP contribution is 2.43. The summed E-state index contributed by atoms with van der Waals surface area (Å²) < 4.78 is 0. The lowest BCUT2D eigenvalue weighted by molar-refractivity contribution is -0.119. The van der Waals surface area contributed by atoms with Gasteiger partial charge in [-0.25, -0.2) is 4.79 Å². The van der Waals surface area contributed by atoms with Crippen LogP contribution in [0.2, 0.25) is 10.0 Å². The molecule has 0 spiro atoms. The fourth-order valence-corrected chi connectivity index (χ4v) is 3.05. The van der Waals surface area contributed by atoms with Crippen molar-refractivity contribution in [1.82, 2.24) is 0 Å². The van der Waals surface area contributed by atoms with E-state index >= 15 is 0 Å². The van der Waals surface area contributed by atoms with Crippen molar-refractivity contribution in [3.63, 3.8) is 0 Å². The molecular formula is C14H16Cl2N2O3. The van der Waals surface area contributed by atoms with E-state index in [0.717, 1.165) is 19.3 Å². The van der Waals surface area contributed by atoms with Gasteiger partial charge < -0.3 is 16.2 Å². The molecule has 5 nitrogen and oxygen atoms in total. The van der Waals surface area contributed by atoms with Crippen LogP contribution in [0.3, 0.4) is 0 Å². The van der Waals surface area contributed by atoms with Crippen LogP contribution >= 0.6 is 23.2 Å². The summed E-state index contributed by atoms with van der Waals surface area (Å²) in [6.45, 7) is 0.472. The molecule has 0 bridgehead atoms. The summed E-state index contributed by atoms with van der Waals surface area (Å²) in [7, 11) is 0. The minimum Gasteiger partial charge on any atom is -0.478 e. The zero-order valence-electron chi connectivity index (χ0n) is 11.3. The quantitative estimate of drug-likeness (QED) is 0.773. The predicted molar refractivity (Wildman–Crippen MR) is 82.0 cm³/mol. The fourth-order valence-electron chi connectivity index (χ4n) is 2.47. The van der Waals surface area contributed by atoms with Crippen LogP contribution in [0.4, 0.5) is 5.69 Å². The number of hydrogen-bond acceptors (Lipinski definition) is 3. The molecule has 1 saturated carbocycles. The Morgan fingerprint density at radius 1 is 1.29 bits per heavy atom. The van der Waals surface area contributed by atoms with Gasteiger partial charge in [-0.05, 0) is 36.9 Å². The minimum absolute atomic E-state index is 0.0274. The normalized spacial score (nSPS) is 16.1. The summed E-state index contributed by atoms with van der Waals surface area (Å²) in [6, 6.07) is 2.51. The standard InChI is InChI=1S/C14H16Cl2N2O3/c15-9-4-8(13(20)21)5-10(16)12(9)18-11(19)6-14(7-17)2-1-3-14/h4-5H,1-3,6-7,17H2,(H,18,19)(H,20,21). The van der Waals surface area contributed by atoms with Crippen LogP contribution in [0.25, 0.3) is 0 Å². The van der Waals surface area contributed by atoms with Crippen molar-refractivity contribution in [1.29, 1.82) is 0 Å². The Kier molecular flexibility index (Phi) is 4.76. The zero-order valence-corrected chi connectivity index (χ0v) is 12.8. The smallest absolute Gasteiger partial charge is 0.335 e. The maximum Gasteiger partial charge on any atom is 0.335 e. The van der Waals surface area contributed by atoms with Crippen molar-refractivity contribution in [2.75, 3.05) is 11.9 Å². The molecule has 0 saturated heterocycles. The average Bonchev–Trinajstić information content (AvgIpc) is 2.37. The third kappa shape index (κ3) is 3.48. The Hall–Kier alpha value is -1.30. The maximum absolute atomic E-state index is 12.1. The summed E-state index contributed by atoms with van der Waals surface area (Å²) in [4.78, 5) is 23.0. The van der Waals surface area contributed by atoms with Crippen LogP contribution in [0.1, 0.15) is 36.0 Å². The Bertz CT molecular complexity index is 557. The minimum atomic E-state index is -1.13. The third-order valence-corrected chi connectivity index (χ3v) is 4.53. The van der Waals surface area contributed by atoms with Gasteiger partial charge in [-0.1, -0.05) is 29.6 Å². The molecule has 0 heterocycles. The largest absolute Gasteiger partial charge is 0.478 e. The number of aromatic carboxylic acids is 1. The van der Waals surface area contributed by atoms with Crippen LogP contribution in [0.15, 0.2) is 12.1 Å². The zero-order chi connectivity index (χ0) is 15.6. The molecule has 1 aromatic rings. The molecule has 0 unspecified atom stereocenters. The number of rotatable bonds is 5. The van der Waals surface area contributed by atoms with E-state index in [9.17, 15) is 9.59 Å². The molecular weight excluding hydrogens is 315 g/mol. The Morgan fingerprint density at radius 3 is 2.24 bits per heavy atom. The SMILES string of the molecule is NCC1(CC(=O)Nc2c(Cl)cc(C(=O)O)cc2Cl)CCC1. The van der Waals surface area contributed by atoms with Crippen LogP contribution in [-0.4, -0.2) is 23.5 Å². The molecule has 114 valence electrons. The third-order valence-electron chi connectivity index (χ3n) is 3.94. The molecule has 4 N–H and O–H groups in total. The van der Waals surface area contributed by atoms with Gasteiger partial charge in [-0.2, -0.15) is 0 Å². The van der Waals surface area contributed by atoms with Gasteiger partial charge in [0, 0.05) is 6.42 Å². The van der Waals surface area contributed by atoms with E-state index in [1.165, 1.54) is 12.1 Å². The van der Waals surface area contributed by atoms with Gasteiger partial charge in [-0.15, -0.1) is 0 Å². The highest BCUT2D eigenvalue weighted by atomic mass is 35.5. The van der Waals surface area contributed by atoms with E-state index in [-0.39, 0.29) is 32.6 Å². The van der Waals surface area contributed by atoms with E-state index < -0.39 is 5.97 Å². The topological polar surface area (TPSA) is 92.4 Å².